The van der Waals surface area contributed by atoms with Crippen molar-refractivity contribution in [1.82, 2.24) is 9.88 Å². The number of fused-ring (bicyclic) bond motifs is 2. The second-order valence-corrected chi connectivity index (χ2v) is 8.91. The number of halogens is 2. The summed E-state index contributed by atoms with van der Waals surface area (Å²) < 4.78 is 0. The van der Waals surface area contributed by atoms with Gasteiger partial charge < -0.3 is 5.32 Å². The first kappa shape index (κ1) is 20.2. The van der Waals surface area contributed by atoms with Crippen LogP contribution in [0.15, 0.2) is 67.0 Å². The molecule has 0 aliphatic carbocycles. The number of pyridine rings is 1. The fourth-order valence-electron chi connectivity index (χ4n) is 5.11. The van der Waals surface area contributed by atoms with Gasteiger partial charge in [-0.15, -0.1) is 0 Å². The first-order chi connectivity index (χ1) is 14.9. The van der Waals surface area contributed by atoms with Crippen molar-refractivity contribution in [1.29, 1.82) is 0 Å². The van der Waals surface area contributed by atoms with Crippen LogP contribution in [-0.2, 0) is 10.3 Å². The highest BCUT2D eigenvalue weighted by Gasteiger charge is 2.64. The van der Waals surface area contributed by atoms with E-state index >= 15 is 0 Å². The minimum Gasteiger partial charge on any atom is -0.324 e. The summed E-state index contributed by atoms with van der Waals surface area (Å²) in [5.41, 5.74) is 1.67. The number of ketones is 1. The van der Waals surface area contributed by atoms with Gasteiger partial charge in [0.1, 0.15) is 5.54 Å². The Morgan fingerprint density at radius 3 is 2.58 bits per heavy atom. The minimum atomic E-state index is -1.17. The quantitative estimate of drug-likeness (QED) is 0.582. The van der Waals surface area contributed by atoms with Crippen LogP contribution in [0, 0.1) is 5.92 Å². The first-order valence-electron chi connectivity index (χ1n) is 9.95. The van der Waals surface area contributed by atoms with Crippen molar-refractivity contribution in [3.05, 3.63) is 93.7 Å². The SMILES string of the molecule is CN1C[C@H](c2ccc(Cl)cc2)[C@H](C(=O)c2cccnc2)[C@]12C(=O)Nc1ccc(Cl)cc12. The predicted molar refractivity (Wildman–Crippen MR) is 121 cm³/mol. The average Bonchev–Trinajstić information content (AvgIpc) is 3.24. The third-order valence-electron chi connectivity index (χ3n) is 6.44. The number of nitrogens with one attached hydrogen (secondary N) is 1. The Morgan fingerprint density at radius 1 is 1.13 bits per heavy atom. The van der Waals surface area contributed by atoms with Gasteiger partial charge in [0.2, 0.25) is 5.91 Å². The molecule has 5 rings (SSSR count). The topological polar surface area (TPSA) is 62.3 Å². The Balaban J connectivity index is 1.74. The van der Waals surface area contributed by atoms with E-state index in [1.165, 1.54) is 0 Å². The Morgan fingerprint density at radius 2 is 1.87 bits per heavy atom. The number of likely N-dealkylation sites (tertiary alicyclic amines) is 1. The molecule has 3 atom stereocenters. The summed E-state index contributed by atoms with van der Waals surface area (Å²) in [5, 5.41) is 4.12. The third kappa shape index (κ3) is 2.99. The molecule has 7 heteroatoms. The van der Waals surface area contributed by atoms with E-state index in [-0.39, 0.29) is 17.6 Å². The summed E-state index contributed by atoms with van der Waals surface area (Å²) in [4.78, 5) is 33.6. The number of hydrogen-bond acceptors (Lipinski definition) is 4. The summed E-state index contributed by atoms with van der Waals surface area (Å²) >= 11 is 12.4. The number of rotatable bonds is 3. The van der Waals surface area contributed by atoms with Crippen molar-refractivity contribution in [3.63, 3.8) is 0 Å². The van der Waals surface area contributed by atoms with Gasteiger partial charge in [0.25, 0.3) is 0 Å². The molecule has 31 heavy (non-hydrogen) atoms. The van der Waals surface area contributed by atoms with Crippen LogP contribution >= 0.6 is 23.2 Å². The van der Waals surface area contributed by atoms with Crippen LogP contribution in [0.3, 0.4) is 0 Å². The molecule has 3 heterocycles. The monoisotopic (exact) mass is 451 g/mol. The second kappa shape index (κ2) is 7.45. The van der Waals surface area contributed by atoms with Gasteiger partial charge in [0.15, 0.2) is 5.78 Å². The number of aromatic nitrogens is 1. The Bertz CT molecular complexity index is 1180. The van der Waals surface area contributed by atoms with E-state index in [0.717, 1.165) is 11.1 Å². The van der Waals surface area contributed by atoms with Gasteiger partial charge in [0, 0.05) is 51.7 Å². The Kier molecular flexibility index (Phi) is 4.85. The summed E-state index contributed by atoms with van der Waals surface area (Å²) in [7, 11) is 1.88. The molecule has 1 N–H and O–H groups in total. The standard InChI is InChI=1S/C24H19Cl2N3O2/c1-29-13-18(14-4-6-16(25)7-5-14)21(22(30)15-3-2-10-27-12-15)24(29)19-11-17(26)8-9-20(19)28-23(24)31/h2-12,18,21H,13H2,1H3,(H,28,31)/t18-,21-,24-/m1/s1. The lowest BCUT2D eigenvalue weighted by Crippen LogP contribution is -2.51. The fourth-order valence-corrected chi connectivity index (χ4v) is 5.41. The van der Waals surface area contributed by atoms with E-state index in [9.17, 15) is 9.59 Å². The molecule has 156 valence electrons. The van der Waals surface area contributed by atoms with Crippen LogP contribution in [0.5, 0.6) is 0 Å². The van der Waals surface area contributed by atoms with Gasteiger partial charge in [-0.2, -0.15) is 0 Å². The van der Waals surface area contributed by atoms with Crippen molar-refractivity contribution in [2.24, 2.45) is 5.92 Å². The number of carbonyl (C=O) groups is 2. The van der Waals surface area contributed by atoms with Crippen molar-refractivity contribution < 1.29 is 9.59 Å². The summed E-state index contributed by atoms with van der Waals surface area (Å²) in [6, 6.07) is 16.3. The largest absolute Gasteiger partial charge is 0.324 e. The zero-order chi connectivity index (χ0) is 21.8. The maximum atomic E-state index is 13.9. The number of Topliss-reactive ketones (excluding diaryl/α,β-unsaturated/α-hetero) is 1. The maximum absolute atomic E-state index is 13.9. The molecule has 2 aliphatic heterocycles. The van der Waals surface area contributed by atoms with Crippen molar-refractivity contribution in [2.75, 3.05) is 18.9 Å². The zero-order valence-electron chi connectivity index (χ0n) is 16.7. The molecule has 5 nitrogen and oxygen atoms in total. The van der Waals surface area contributed by atoms with Crippen LogP contribution in [0.2, 0.25) is 10.0 Å². The van der Waals surface area contributed by atoms with Crippen molar-refractivity contribution >= 4 is 40.6 Å². The molecule has 0 saturated carbocycles. The summed E-state index contributed by atoms with van der Waals surface area (Å²) in [5.74, 6) is -1.22. The molecular weight excluding hydrogens is 433 g/mol. The average molecular weight is 452 g/mol. The summed E-state index contributed by atoms with van der Waals surface area (Å²) in [6.45, 7) is 0.525. The van der Waals surface area contributed by atoms with Crippen LogP contribution in [0.4, 0.5) is 5.69 Å². The lowest BCUT2D eigenvalue weighted by Gasteiger charge is -2.35. The van der Waals surface area contributed by atoms with Gasteiger partial charge in [0.05, 0.1) is 5.92 Å². The zero-order valence-corrected chi connectivity index (χ0v) is 18.2. The predicted octanol–water partition coefficient (Wildman–Crippen LogP) is 4.76. The number of nitrogens with zero attached hydrogens (tertiary/aromatic N) is 2. The molecule has 3 aromatic rings. The van der Waals surface area contributed by atoms with Gasteiger partial charge in [-0.3, -0.25) is 19.5 Å². The summed E-state index contributed by atoms with van der Waals surface area (Å²) in [6.07, 6.45) is 3.18. The molecule has 2 aliphatic rings. The van der Waals surface area contributed by atoms with Crippen molar-refractivity contribution in [3.8, 4) is 0 Å². The molecule has 2 aromatic carbocycles. The van der Waals surface area contributed by atoms with Crippen LogP contribution in [-0.4, -0.2) is 35.2 Å². The Hall–Kier alpha value is -2.73. The number of benzene rings is 2. The smallest absolute Gasteiger partial charge is 0.250 e. The molecular formula is C24H19Cl2N3O2. The van der Waals surface area contributed by atoms with E-state index in [2.05, 4.69) is 10.3 Å². The maximum Gasteiger partial charge on any atom is 0.250 e. The number of anilines is 1. The lowest BCUT2D eigenvalue weighted by molar-refractivity contribution is -0.126. The third-order valence-corrected chi connectivity index (χ3v) is 6.93. The Labute approximate surface area is 190 Å². The normalized spacial score (nSPS) is 24.9. The van der Waals surface area contributed by atoms with Crippen LogP contribution in [0.25, 0.3) is 0 Å². The number of likely N-dealkylation sites (N-methyl/N-ethyl adjacent to an activating group) is 1. The molecule has 0 unspecified atom stereocenters. The van der Waals surface area contributed by atoms with Gasteiger partial charge >= 0.3 is 0 Å². The first-order valence-corrected chi connectivity index (χ1v) is 10.7. The highest BCUT2D eigenvalue weighted by molar-refractivity contribution is 6.31. The van der Waals surface area contributed by atoms with Gasteiger partial charge in [-0.25, -0.2) is 0 Å². The highest BCUT2D eigenvalue weighted by atomic mass is 35.5. The molecule has 1 saturated heterocycles. The van der Waals surface area contributed by atoms with Crippen LogP contribution in [0.1, 0.15) is 27.4 Å². The van der Waals surface area contributed by atoms with Crippen LogP contribution < -0.4 is 5.32 Å². The van der Waals surface area contributed by atoms with E-state index in [1.807, 2.05) is 36.2 Å². The fraction of sp³-hybridized carbons (Fsp3) is 0.208. The molecule has 0 radical (unpaired) electrons. The highest BCUT2D eigenvalue weighted by Crippen LogP contribution is 2.56. The molecule has 1 spiro atoms. The van der Waals surface area contributed by atoms with Crippen molar-refractivity contribution in [2.45, 2.75) is 11.5 Å². The second-order valence-electron chi connectivity index (χ2n) is 8.03. The lowest BCUT2D eigenvalue weighted by atomic mass is 9.70. The molecule has 0 bridgehead atoms. The van der Waals surface area contributed by atoms with E-state index in [1.54, 1.807) is 42.7 Å². The molecule has 1 amide bonds. The number of amides is 1. The van der Waals surface area contributed by atoms with Gasteiger partial charge in [-0.1, -0.05) is 35.3 Å². The van der Waals surface area contributed by atoms with Gasteiger partial charge in [-0.05, 0) is 55.1 Å². The van der Waals surface area contributed by atoms with E-state index < -0.39 is 11.5 Å². The number of hydrogen-bond donors (Lipinski definition) is 1. The van der Waals surface area contributed by atoms with E-state index in [4.69, 9.17) is 23.2 Å². The molecule has 1 fully saturated rings. The van der Waals surface area contributed by atoms with E-state index in [0.29, 0.717) is 27.8 Å². The number of carbonyl (C=O) groups excluding carboxylic acids is 2. The molecule has 1 aromatic heterocycles. The minimum absolute atomic E-state index is 0.125.